The van der Waals surface area contributed by atoms with Gasteiger partial charge in [0, 0.05) is 12.5 Å². The molecule has 0 radical (unpaired) electrons. The highest BCUT2D eigenvalue weighted by molar-refractivity contribution is 5.81. The van der Waals surface area contributed by atoms with Gasteiger partial charge in [0.05, 0.1) is 6.04 Å². The van der Waals surface area contributed by atoms with Gasteiger partial charge in [-0.25, -0.2) is 0 Å². The zero-order valence-electron chi connectivity index (χ0n) is 16.5. The smallest absolute Gasteiger partial charge is 0.383 e. The lowest BCUT2D eigenvalue weighted by atomic mass is 9.91. The van der Waals surface area contributed by atoms with E-state index in [0.717, 1.165) is 11.1 Å². The lowest BCUT2D eigenvalue weighted by Gasteiger charge is -2.26. The van der Waals surface area contributed by atoms with Crippen LogP contribution in [-0.2, 0) is 4.79 Å². The van der Waals surface area contributed by atoms with Crippen molar-refractivity contribution in [3.05, 3.63) is 60.2 Å². The molecule has 2 aromatic carbocycles. The summed E-state index contributed by atoms with van der Waals surface area (Å²) in [5.74, 6) is -1.69. The van der Waals surface area contributed by atoms with E-state index >= 15 is 0 Å². The molecule has 29 heavy (non-hydrogen) atoms. The summed E-state index contributed by atoms with van der Waals surface area (Å²) in [5, 5.41) is 12.3. The number of aliphatic hydroxyl groups is 1. The largest absolute Gasteiger partial charge is 0.415 e. The van der Waals surface area contributed by atoms with Crippen molar-refractivity contribution in [1.82, 2.24) is 5.32 Å². The molecule has 7 heteroatoms. The summed E-state index contributed by atoms with van der Waals surface area (Å²) in [5.41, 5.74) is 7.85. The minimum atomic E-state index is -4.81. The van der Waals surface area contributed by atoms with Crippen molar-refractivity contribution in [3.63, 3.8) is 0 Å². The van der Waals surface area contributed by atoms with E-state index in [-0.39, 0.29) is 18.0 Å². The molecule has 0 heterocycles. The Morgan fingerprint density at radius 2 is 1.59 bits per heavy atom. The van der Waals surface area contributed by atoms with Gasteiger partial charge in [0.2, 0.25) is 5.91 Å². The molecule has 2 aromatic rings. The number of nitrogens with two attached hydrogens (primary N) is 1. The first kappa shape index (κ1) is 22.9. The SMILES string of the molecule is CC(C)C[C@H](N)C(=O)NCC(c1ccc(-c2ccccc2)cc1)C(O)C(F)(F)F. The first-order chi connectivity index (χ1) is 13.6. The normalized spacial score (nSPS) is 15.0. The van der Waals surface area contributed by atoms with Gasteiger partial charge in [0.1, 0.15) is 0 Å². The van der Waals surface area contributed by atoms with Crippen molar-refractivity contribution < 1.29 is 23.1 Å². The summed E-state index contributed by atoms with van der Waals surface area (Å²) in [6, 6.07) is 15.1. The molecule has 0 aromatic heterocycles. The summed E-state index contributed by atoms with van der Waals surface area (Å²) >= 11 is 0. The van der Waals surface area contributed by atoms with E-state index < -0.39 is 30.1 Å². The Morgan fingerprint density at radius 1 is 1.03 bits per heavy atom. The van der Waals surface area contributed by atoms with Crippen LogP contribution in [0.1, 0.15) is 31.7 Å². The van der Waals surface area contributed by atoms with Gasteiger partial charge in [-0.15, -0.1) is 0 Å². The van der Waals surface area contributed by atoms with Crippen LogP contribution in [0.3, 0.4) is 0 Å². The molecule has 0 saturated heterocycles. The Kier molecular flexibility index (Phi) is 7.81. The van der Waals surface area contributed by atoms with E-state index in [1.165, 1.54) is 0 Å². The topological polar surface area (TPSA) is 75.4 Å². The third-order valence-electron chi connectivity index (χ3n) is 4.72. The molecule has 4 nitrogen and oxygen atoms in total. The van der Waals surface area contributed by atoms with Gasteiger partial charge in [-0.1, -0.05) is 68.4 Å². The molecular weight excluding hydrogens is 381 g/mol. The number of aliphatic hydroxyl groups excluding tert-OH is 1. The number of rotatable bonds is 8. The Labute approximate surface area is 168 Å². The molecule has 2 unspecified atom stereocenters. The zero-order chi connectivity index (χ0) is 21.6. The van der Waals surface area contributed by atoms with Gasteiger partial charge < -0.3 is 16.2 Å². The number of nitrogens with one attached hydrogen (secondary N) is 1. The number of halogens is 3. The molecule has 0 bridgehead atoms. The van der Waals surface area contributed by atoms with E-state index in [1.807, 2.05) is 44.2 Å². The first-order valence-electron chi connectivity index (χ1n) is 9.53. The number of carbonyl (C=O) groups excluding carboxylic acids is 1. The van der Waals surface area contributed by atoms with E-state index in [2.05, 4.69) is 5.32 Å². The van der Waals surface area contributed by atoms with Crippen molar-refractivity contribution in [2.24, 2.45) is 11.7 Å². The average Bonchev–Trinajstić information content (AvgIpc) is 2.67. The maximum atomic E-state index is 13.2. The summed E-state index contributed by atoms with van der Waals surface area (Å²) < 4.78 is 39.6. The second-order valence-corrected chi connectivity index (χ2v) is 7.56. The van der Waals surface area contributed by atoms with Crippen molar-refractivity contribution in [3.8, 4) is 11.1 Å². The lowest BCUT2D eigenvalue weighted by molar-refractivity contribution is -0.210. The van der Waals surface area contributed by atoms with Gasteiger partial charge in [0.15, 0.2) is 6.10 Å². The number of alkyl halides is 3. The third kappa shape index (κ3) is 6.58. The highest BCUT2D eigenvalue weighted by Gasteiger charge is 2.44. The Hall–Kier alpha value is -2.38. The summed E-state index contributed by atoms with van der Waals surface area (Å²) in [6.07, 6.45) is -7.00. The van der Waals surface area contributed by atoms with Crippen LogP contribution in [0.25, 0.3) is 11.1 Å². The van der Waals surface area contributed by atoms with E-state index in [4.69, 9.17) is 5.73 Å². The van der Waals surface area contributed by atoms with Crippen molar-refractivity contribution in [1.29, 1.82) is 0 Å². The predicted molar refractivity (Wildman–Crippen MR) is 107 cm³/mol. The van der Waals surface area contributed by atoms with Crippen molar-refractivity contribution >= 4 is 5.91 Å². The minimum absolute atomic E-state index is 0.179. The lowest BCUT2D eigenvalue weighted by Crippen LogP contribution is -2.46. The fourth-order valence-electron chi connectivity index (χ4n) is 3.15. The maximum absolute atomic E-state index is 13.2. The highest BCUT2D eigenvalue weighted by atomic mass is 19.4. The minimum Gasteiger partial charge on any atom is -0.383 e. The number of hydrogen-bond acceptors (Lipinski definition) is 3. The Bertz CT molecular complexity index is 777. The van der Waals surface area contributed by atoms with Crippen LogP contribution >= 0.6 is 0 Å². The highest BCUT2D eigenvalue weighted by Crippen LogP contribution is 2.32. The second-order valence-electron chi connectivity index (χ2n) is 7.56. The number of hydrogen-bond donors (Lipinski definition) is 3. The summed E-state index contributed by atoms with van der Waals surface area (Å²) in [6.45, 7) is 3.44. The molecule has 0 fully saturated rings. The van der Waals surface area contributed by atoms with Crippen LogP contribution in [-0.4, -0.2) is 35.9 Å². The van der Waals surface area contributed by atoms with Crippen molar-refractivity contribution in [2.45, 2.75) is 44.5 Å². The van der Waals surface area contributed by atoms with Gasteiger partial charge in [0.25, 0.3) is 0 Å². The number of carbonyl (C=O) groups is 1. The fourth-order valence-corrected chi connectivity index (χ4v) is 3.15. The number of benzene rings is 2. The molecule has 0 saturated carbocycles. The van der Waals surface area contributed by atoms with E-state index in [0.29, 0.717) is 6.42 Å². The van der Waals surface area contributed by atoms with E-state index in [1.54, 1.807) is 24.3 Å². The number of amides is 1. The van der Waals surface area contributed by atoms with Gasteiger partial charge in [-0.05, 0) is 29.0 Å². The first-order valence-corrected chi connectivity index (χ1v) is 9.53. The van der Waals surface area contributed by atoms with Gasteiger partial charge >= 0.3 is 6.18 Å². The molecule has 2 rings (SSSR count). The average molecular weight is 408 g/mol. The Balaban J connectivity index is 2.19. The molecule has 4 N–H and O–H groups in total. The standard InChI is InChI=1S/C22H27F3N2O2/c1-14(2)12-19(26)21(29)27-13-18(20(28)22(23,24)25)17-10-8-16(9-11-17)15-6-4-3-5-7-15/h3-11,14,18-20,28H,12-13,26H2,1-2H3,(H,27,29)/t18?,19-,20?/m0/s1. The molecule has 0 aliphatic heterocycles. The fraction of sp³-hybridized carbons (Fsp3) is 0.409. The van der Waals surface area contributed by atoms with Crippen LogP contribution in [0.2, 0.25) is 0 Å². The molecule has 0 aliphatic carbocycles. The van der Waals surface area contributed by atoms with Crippen LogP contribution in [0.5, 0.6) is 0 Å². The zero-order valence-corrected chi connectivity index (χ0v) is 16.5. The second kappa shape index (κ2) is 9.89. The van der Waals surface area contributed by atoms with E-state index in [9.17, 15) is 23.1 Å². The van der Waals surface area contributed by atoms with Gasteiger partial charge in [-0.2, -0.15) is 13.2 Å². The summed E-state index contributed by atoms with van der Waals surface area (Å²) in [7, 11) is 0. The quantitative estimate of drug-likeness (QED) is 0.621. The molecule has 1 amide bonds. The monoisotopic (exact) mass is 408 g/mol. The van der Waals surface area contributed by atoms with Crippen LogP contribution in [0.4, 0.5) is 13.2 Å². The van der Waals surface area contributed by atoms with Crippen molar-refractivity contribution in [2.75, 3.05) is 6.54 Å². The molecule has 0 aliphatic rings. The predicted octanol–water partition coefficient (Wildman–Crippen LogP) is 3.85. The van der Waals surface area contributed by atoms with Crippen LogP contribution in [0, 0.1) is 5.92 Å². The molecule has 3 atom stereocenters. The third-order valence-corrected chi connectivity index (χ3v) is 4.72. The summed E-state index contributed by atoms with van der Waals surface area (Å²) in [4.78, 5) is 12.1. The molecule has 0 spiro atoms. The van der Waals surface area contributed by atoms with Crippen LogP contribution < -0.4 is 11.1 Å². The maximum Gasteiger partial charge on any atom is 0.415 e. The molecule has 158 valence electrons. The van der Waals surface area contributed by atoms with Gasteiger partial charge in [-0.3, -0.25) is 4.79 Å². The molecular formula is C22H27F3N2O2. The Morgan fingerprint density at radius 3 is 2.10 bits per heavy atom. The van der Waals surface area contributed by atoms with Crippen LogP contribution in [0.15, 0.2) is 54.6 Å².